The largest absolute Gasteiger partial charge is 0.416 e. The van der Waals surface area contributed by atoms with E-state index in [0.29, 0.717) is 42.9 Å². The molecular formula is C34H32F5N5O3. The van der Waals surface area contributed by atoms with Gasteiger partial charge in [-0.1, -0.05) is 29.4 Å². The van der Waals surface area contributed by atoms with Gasteiger partial charge in [-0.25, -0.2) is 8.78 Å². The normalized spacial score (nSPS) is 14.5. The first kappa shape index (κ1) is 32.3. The fourth-order valence-electron chi connectivity index (χ4n) is 5.58. The minimum atomic E-state index is -4.49. The molecule has 0 unspecified atom stereocenters. The number of hydrogen-bond acceptors (Lipinski definition) is 7. The van der Waals surface area contributed by atoms with Gasteiger partial charge in [0.2, 0.25) is 17.1 Å². The van der Waals surface area contributed by atoms with Crippen LogP contribution in [0.5, 0.6) is 0 Å². The lowest BCUT2D eigenvalue weighted by molar-refractivity contribution is -0.137. The average Bonchev–Trinajstić information content (AvgIpc) is 3.55. The highest BCUT2D eigenvalue weighted by Crippen LogP contribution is 2.33. The van der Waals surface area contributed by atoms with E-state index in [-0.39, 0.29) is 34.9 Å². The van der Waals surface area contributed by atoms with Gasteiger partial charge in [0.1, 0.15) is 11.6 Å². The zero-order chi connectivity index (χ0) is 33.3. The summed E-state index contributed by atoms with van der Waals surface area (Å²) in [6.07, 6.45) is -3.00. The summed E-state index contributed by atoms with van der Waals surface area (Å²) in [5.41, 5.74) is -0.400. The van der Waals surface area contributed by atoms with E-state index in [1.807, 2.05) is 13.8 Å². The maximum absolute atomic E-state index is 15.5. The first-order valence-corrected chi connectivity index (χ1v) is 15.1. The Morgan fingerprint density at radius 3 is 2.30 bits per heavy atom. The van der Waals surface area contributed by atoms with Crippen molar-refractivity contribution in [2.24, 2.45) is 0 Å². The molecule has 13 heteroatoms. The number of fused-ring (bicyclic) bond motifs is 1. The van der Waals surface area contributed by atoms with E-state index in [1.54, 1.807) is 16.7 Å². The molecule has 0 aliphatic carbocycles. The third-order valence-corrected chi connectivity index (χ3v) is 8.42. The Labute approximate surface area is 266 Å². The number of hydrogen-bond donors (Lipinski definition) is 1. The summed E-state index contributed by atoms with van der Waals surface area (Å²) >= 11 is 0. The fraction of sp³-hybridized carbons (Fsp3) is 0.324. The van der Waals surface area contributed by atoms with Gasteiger partial charge in [-0.2, -0.15) is 18.2 Å². The molecule has 3 heterocycles. The molecule has 3 aromatic carbocycles. The number of benzene rings is 3. The molecular weight excluding hydrogens is 621 g/mol. The summed E-state index contributed by atoms with van der Waals surface area (Å²) in [5, 5.41) is 7.21. The quantitative estimate of drug-likeness (QED) is 0.183. The van der Waals surface area contributed by atoms with Crippen LogP contribution in [0.4, 0.5) is 27.6 Å². The van der Waals surface area contributed by atoms with Crippen molar-refractivity contribution in [1.82, 2.24) is 19.6 Å². The number of halogens is 5. The third-order valence-electron chi connectivity index (χ3n) is 8.42. The number of aromatic nitrogens is 3. The second-order valence-corrected chi connectivity index (χ2v) is 12.0. The summed E-state index contributed by atoms with van der Waals surface area (Å²) < 4.78 is 81.3. The predicted molar refractivity (Wildman–Crippen MR) is 166 cm³/mol. The van der Waals surface area contributed by atoms with Crippen LogP contribution in [0.3, 0.4) is 0 Å². The molecule has 1 saturated heterocycles. The molecule has 0 spiro atoms. The highest BCUT2D eigenvalue weighted by Gasteiger charge is 2.32. The zero-order valence-electron chi connectivity index (χ0n) is 25.7. The lowest BCUT2D eigenvalue weighted by Gasteiger charge is -2.26. The van der Waals surface area contributed by atoms with E-state index in [1.165, 1.54) is 36.5 Å². The SMILES string of the molecule is CC(C)(c1ccc(F)cc1)c1nc(-c2cn(Cc3ccc(C(F)(F)F)cc3)c3cc(NCCN4CCOCC4)c(F)cc3c2=O)no1. The molecule has 246 valence electrons. The van der Waals surface area contributed by atoms with Crippen LogP contribution >= 0.6 is 0 Å². The molecule has 47 heavy (non-hydrogen) atoms. The molecule has 5 aromatic rings. The number of ether oxygens (including phenoxy) is 1. The number of rotatable bonds is 9. The van der Waals surface area contributed by atoms with Crippen LogP contribution in [0, 0.1) is 11.6 Å². The number of nitrogens with one attached hydrogen (secondary N) is 1. The average molecular weight is 654 g/mol. The topological polar surface area (TPSA) is 85.4 Å². The van der Waals surface area contributed by atoms with Crippen molar-refractivity contribution >= 4 is 16.6 Å². The van der Waals surface area contributed by atoms with Crippen LogP contribution in [0.25, 0.3) is 22.3 Å². The highest BCUT2D eigenvalue weighted by molar-refractivity contribution is 5.86. The van der Waals surface area contributed by atoms with Crippen LogP contribution in [0.2, 0.25) is 0 Å². The smallest absolute Gasteiger partial charge is 0.381 e. The number of nitrogens with zero attached hydrogens (tertiary/aromatic N) is 4. The Kier molecular flexibility index (Phi) is 8.86. The minimum Gasteiger partial charge on any atom is -0.381 e. The molecule has 1 N–H and O–H groups in total. The molecule has 1 aliphatic rings. The van der Waals surface area contributed by atoms with Crippen LogP contribution in [0.15, 0.2) is 76.2 Å². The Bertz CT molecular complexity index is 1930. The van der Waals surface area contributed by atoms with Crippen molar-refractivity contribution in [3.63, 3.8) is 0 Å². The van der Waals surface area contributed by atoms with E-state index >= 15 is 4.39 Å². The lowest BCUT2D eigenvalue weighted by Crippen LogP contribution is -2.39. The molecule has 6 rings (SSSR count). The fourth-order valence-corrected chi connectivity index (χ4v) is 5.58. The molecule has 8 nitrogen and oxygen atoms in total. The van der Waals surface area contributed by atoms with Gasteiger partial charge in [0.25, 0.3) is 0 Å². The Morgan fingerprint density at radius 2 is 1.62 bits per heavy atom. The molecule has 0 amide bonds. The van der Waals surface area contributed by atoms with Crippen LogP contribution in [-0.4, -0.2) is 59.0 Å². The van der Waals surface area contributed by atoms with E-state index in [9.17, 15) is 22.4 Å². The van der Waals surface area contributed by atoms with Crippen molar-refractivity contribution in [2.75, 3.05) is 44.7 Å². The van der Waals surface area contributed by atoms with Crippen molar-refractivity contribution in [2.45, 2.75) is 32.0 Å². The molecule has 0 atom stereocenters. The van der Waals surface area contributed by atoms with Gasteiger partial charge in [0.05, 0.1) is 41.0 Å². The van der Waals surface area contributed by atoms with Crippen LogP contribution in [0.1, 0.15) is 36.4 Å². The summed E-state index contributed by atoms with van der Waals surface area (Å²) in [6, 6.07) is 13.2. The second-order valence-electron chi connectivity index (χ2n) is 12.0. The number of alkyl halides is 3. The van der Waals surface area contributed by atoms with Gasteiger partial charge in [-0.05, 0) is 61.4 Å². The lowest BCUT2D eigenvalue weighted by atomic mass is 9.84. The molecule has 2 aromatic heterocycles. The number of anilines is 1. The summed E-state index contributed by atoms with van der Waals surface area (Å²) in [6.45, 7) is 7.60. The van der Waals surface area contributed by atoms with Crippen molar-refractivity contribution in [1.29, 1.82) is 0 Å². The van der Waals surface area contributed by atoms with Gasteiger partial charge in [0.15, 0.2) is 0 Å². The van der Waals surface area contributed by atoms with Gasteiger partial charge in [0, 0.05) is 44.3 Å². The maximum atomic E-state index is 15.5. The number of pyridine rings is 1. The molecule has 1 aliphatic heterocycles. The highest BCUT2D eigenvalue weighted by atomic mass is 19.4. The Balaban J connectivity index is 1.39. The number of morpholine rings is 1. The van der Waals surface area contributed by atoms with Gasteiger partial charge < -0.3 is 19.1 Å². The van der Waals surface area contributed by atoms with Crippen molar-refractivity contribution < 1.29 is 31.2 Å². The first-order valence-electron chi connectivity index (χ1n) is 15.1. The summed E-state index contributed by atoms with van der Waals surface area (Å²) in [4.78, 5) is 20.5. The Hall–Kier alpha value is -4.62. The van der Waals surface area contributed by atoms with Crippen LogP contribution < -0.4 is 10.7 Å². The summed E-state index contributed by atoms with van der Waals surface area (Å²) in [7, 11) is 0. The predicted octanol–water partition coefficient (Wildman–Crippen LogP) is 6.47. The molecule has 0 radical (unpaired) electrons. The third kappa shape index (κ3) is 6.91. The van der Waals surface area contributed by atoms with Gasteiger partial charge >= 0.3 is 6.18 Å². The van der Waals surface area contributed by atoms with Crippen molar-refractivity contribution in [3.8, 4) is 11.4 Å². The van der Waals surface area contributed by atoms with E-state index < -0.39 is 34.2 Å². The zero-order valence-corrected chi connectivity index (χ0v) is 25.7. The standard InChI is InChI=1S/C34H32F5N5O3/c1-33(2,22-7-9-24(35)10-8-22)32-41-31(42-47-32)26-20-44(19-21-3-5-23(6-4-21)34(37,38)39)29-18-28(27(36)17-25(29)30(26)45)40-11-12-43-13-15-46-16-14-43/h3-10,17-18,20,40H,11-16,19H2,1-2H3. The first-order chi connectivity index (χ1) is 22.4. The summed E-state index contributed by atoms with van der Waals surface area (Å²) in [5.74, 6) is -0.917. The van der Waals surface area contributed by atoms with Crippen LogP contribution in [-0.2, 0) is 22.9 Å². The Morgan fingerprint density at radius 1 is 0.936 bits per heavy atom. The molecule has 0 saturated carbocycles. The minimum absolute atomic E-state index is 0.0155. The van der Waals surface area contributed by atoms with E-state index in [2.05, 4.69) is 20.4 Å². The van der Waals surface area contributed by atoms with Gasteiger partial charge in [-0.3, -0.25) is 9.69 Å². The van der Waals surface area contributed by atoms with E-state index in [0.717, 1.165) is 31.3 Å². The maximum Gasteiger partial charge on any atom is 0.416 e. The monoisotopic (exact) mass is 653 g/mol. The van der Waals surface area contributed by atoms with Gasteiger partial charge in [-0.15, -0.1) is 0 Å². The van der Waals surface area contributed by atoms with E-state index in [4.69, 9.17) is 9.26 Å². The second kappa shape index (κ2) is 12.9. The molecule has 0 bridgehead atoms. The molecule has 1 fully saturated rings. The van der Waals surface area contributed by atoms with Crippen molar-refractivity contribution in [3.05, 3.63) is 111 Å².